The average molecular weight is 483 g/mol. The fraction of sp³-hybridized carbons (Fsp3) is 0.571. The molecule has 0 aliphatic rings. The van der Waals surface area contributed by atoms with Crippen LogP contribution in [0.2, 0.25) is 0 Å². The summed E-state index contributed by atoms with van der Waals surface area (Å²) in [6.07, 6.45) is 9.46. The molecule has 144 valence electrons. The minimum Gasteiger partial charge on any atom is -0.325 e. The minimum atomic E-state index is -3.81. The fourth-order valence-corrected chi connectivity index (χ4v) is 1.68. The zero-order chi connectivity index (χ0) is 19.1. The molecule has 1 aromatic carbocycles. The average Bonchev–Trinajstić information content (AvgIpc) is 2.40. The SMILES string of the molecule is CCCCCCCCc1[c-]cccc1.OP(O)(O)=S.OP(O)(O)=S.[Zn]. The summed E-state index contributed by atoms with van der Waals surface area (Å²) in [5.41, 5.74) is 1.36. The van der Waals surface area contributed by atoms with Gasteiger partial charge in [0.15, 0.2) is 0 Å². The zero-order valence-electron chi connectivity index (χ0n) is 14.4. The molecule has 1 rings (SSSR count). The van der Waals surface area contributed by atoms with E-state index < -0.39 is 13.4 Å². The van der Waals surface area contributed by atoms with Gasteiger partial charge in [-0.25, -0.2) is 0 Å². The molecule has 0 heterocycles. The van der Waals surface area contributed by atoms with E-state index in [1.54, 1.807) is 0 Å². The van der Waals surface area contributed by atoms with Crippen molar-refractivity contribution in [3.8, 4) is 0 Å². The quantitative estimate of drug-likeness (QED) is 0.152. The van der Waals surface area contributed by atoms with Crippen molar-refractivity contribution >= 4 is 37.1 Å². The summed E-state index contributed by atoms with van der Waals surface area (Å²) in [5, 5.41) is 0. The Bertz CT molecular complexity index is 459. The van der Waals surface area contributed by atoms with Gasteiger partial charge in [0.1, 0.15) is 0 Å². The number of benzene rings is 1. The first-order valence-electron chi connectivity index (χ1n) is 7.45. The maximum Gasteiger partial charge on any atom is 0.319 e. The van der Waals surface area contributed by atoms with Crippen molar-refractivity contribution in [1.82, 2.24) is 0 Å². The van der Waals surface area contributed by atoms with E-state index in [-0.39, 0.29) is 19.5 Å². The third-order valence-electron chi connectivity index (χ3n) is 2.57. The van der Waals surface area contributed by atoms with E-state index >= 15 is 0 Å². The molecule has 25 heavy (non-hydrogen) atoms. The molecule has 0 radical (unpaired) electrons. The molecule has 0 atom stereocenters. The van der Waals surface area contributed by atoms with Gasteiger partial charge >= 0.3 is 13.4 Å². The van der Waals surface area contributed by atoms with E-state index in [1.165, 1.54) is 50.5 Å². The van der Waals surface area contributed by atoms with E-state index in [9.17, 15) is 0 Å². The van der Waals surface area contributed by atoms with Crippen LogP contribution in [-0.2, 0) is 49.5 Å². The Labute approximate surface area is 173 Å². The second kappa shape index (κ2) is 18.3. The zero-order valence-corrected chi connectivity index (χ0v) is 20.7. The van der Waals surface area contributed by atoms with Crippen molar-refractivity contribution < 1.29 is 48.8 Å². The second-order valence-electron chi connectivity index (χ2n) is 4.93. The van der Waals surface area contributed by atoms with Gasteiger partial charge in [-0.3, -0.25) is 0 Å². The fourth-order valence-electron chi connectivity index (χ4n) is 1.68. The van der Waals surface area contributed by atoms with Crippen molar-refractivity contribution in [2.75, 3.05) is 0 Å². The molecular weight excluding hydrogens is 456 g/mol. The number of hydrogen-bond donors (Lipinski definition) is 6. The van der Waals surface area contributed by atoms with Gasteiger partial charge < -0.3 is 29.4 Å². The van der Waals surface area contributed by atoms with Crippen molar-refractivity contribution in [3.05, 3.63) is 35.9 Å². The van der Waals surface area contributed by atoms with Crippen molar-refractivity contribution in [3.63, 3.8) is 0 Å². The Morgan fingerprint density at radius 1 is 0.840 bits per heavy atom. The van der Waals surface area contributed by atoms with Gasteiger partial charge in [-0.1, -0.05) is 51.9 Å². The Morgan fingerprint density at radius 3 is 1.68 bits per heavy atom. The van der Waals surface area contributed by atoms with Crippen LogP contribution in [0.1, 0.15) is 51.0 Å². The Kier molecular flexibility index (Phi) is 22.4. The van der Waals surface area contributed by atoms with Gasteiger partial charge in [0.25, 0.3) is 0 Å². The predicted octanol–water partition coefficient (Wildman–Crippen LogP) is 2.76. The molecule has 0 aromatic heterocycles. The van der Waals surface area contributed by atoms with Crippen LogP contribution in [0.3, 0.4) is 0 Å². The summed E-state index contributed by atoms with van der Waals surface area (Å²) in [5.74, 6) is 0. The molecule has 0 amide bonds. The summed E-state index contributed by atoms with van der Waals surface area (Å²) in [6.45, 7) is -5.35. The van der Waals surface area contributed by atoms with E-state index in [1.807, 2.05) is 12.1 Å². The summed E-state index contributed by atoms with van der Waals surface area (Å²) >= 11 is 7.21. The molecular formula is C14H27O6P2S2Zn-. The minimum absolute atomic E-state index is 0. The van der Waals surface area contributed by atoms with Crippen LogP contribution in [0.15, 0.2) is 24.3 Å². The summed E-state index contributed by atoms with van der Waals surface area (Å²) in [6, 6.07) is 11.6. The molecule has 0 fully saturated rings. The van der Waals surface area contributed by atoms with Crippen LogP contribution in [0.4, 0.5) is 0 Å². The van der Waals surface area contributed by atoms with Crippen molar-refractivity contribution in [2.45, 2.75) is 51.9 Å². The van der Waals surface area contributed by atoms with Gasteiger partial charge in [0, 0.05) is 19.5 Å². The van der Waals surface area contributed by atoms with Crippen molar-refractivity contribution in [2.24, 2.45) is 0 Å². The molecule has 0 aliphatic carbocycles. The smallest absolute Gasteiger partial charge is 0.319 e. The van der Waals surface area contributed by atoms with E-state index in [4.69, 9.17) is 29.4 Å². The normalized spacial score (nSPS) is 10.5. The van der Waals surface area contributed by atoms with Crippen LogP contribution >= 0.6 is 13.4 Å². The Balaban J connectivity index is -0.000000368. The molecule has 1 aromatic rings. The van der Waals surface area contributed by atoms with Crippen LogP contribution < -0.4 is 0 Å². The number of hydrogen-bond acceptors (Lipinski definition) is 2. The molecule has 0 aliphatic heterocycles. The van der Waals surface area contributed by atoms with Gasteiger partial charge in [-0.05, 0) is 23.6 Å². The van der Waals surface area contributed by atoms with Gasteiger partial charge in [-0.15, -0.1) is 0 Å². The summed E-state index contributed by atoms with van der Waals surface area (Å²) in [7, 11) is 0. The third kappa shape index (κ3) is 45.7. The maximum absolute atomic E-state index is 7.56. The molecule has 6 nitrogen and oxygen atoms in total. The van der Waals surface area contributed by atoms with Crippen LogP contribution in [-0.4, -0.2) is 29.4 Å². The molecule has 0 bridgehead atoms. The molecule has 0 saturated heterocycles. The molecule has 0 saturated carbocycles. The monoisotopic (exact) mass is 481 g/mol. The second-order valence-corrected chi connectivity index (χ2v) is 9.92. The number of rotatable bonds is 7. The first-order chi connectivity index (χ1) is 10.9. The van der Waals surface area contributed by atoms with Crippen LogP contribution in [0.25, 0.3) is 0 Å². The van der Waals surface area contributed by atoms with Crippen molar-refractivity contribution in [1.29, 1.82) is 0 Å². The number of unbranched alkanes of at least 4 members (excludes halogenated alkanes) is 5. The summed E-state index contributed by atoms with van der Waals surface area (Å²) < 4.78 is 0. The number of aryl methyl sites for hydroxylation is 1. The first-order valence-corrected chi connectivity index (χ1v) is 12.8. The van der Waals surface area contributed by atoms with Gasteiger partial charge in [-0.2, -0.15) is 35.9 Å². The summed E-state index contributed by atoms with van der Waals surface area (Å²) in [4.78, 5) is 45.3. The van der Waals surface area contributed by atoms with E-state index in [2.05, 4.69) is 48.7 Å². The van der Waals surface area contributed by atoms with Gasteiger partial charge in [0.2, 0.25) is 0 Å². The molecule has 0 spiro atoms. The first kappa shape index (κ1) is 30.6. The van der Waals surface area contributed by atoms with Gasteiger partial charge in [0.05, 0.1) is 0 Å². The van der Waals surface area contributed by atoms with E-state index in [0.717, 1.165) is 0 Å². The Hall–Kier alpha value is 0.903. The maximum atomic E-state index is 7.56. The molecule has 11 heteroatoms. The van der Waals surface area contributed by atoms with Crippen LogP contribution in [0, 0.1) is 6.07 Å². The van der Waals surface area contributed by atoms with Crippen LogP contribution in [0.5, 0.6) is 0 Å². The third-order valence-corrected chi connectivity index (χ3v) is 2.57. The largest absolute Gasteiger partial charge is 0.325 e. The molecule has 6 N–H and O–H groups in total. The predicted molar refractivity (Wildman–Crippen MR) is 104 cm³/mol. The van der Waals surface area contributed by atoms with E-state index in [0.29, 0.717) is 0 Å². The Morgan fingerprint density at radius 2 is 1.28 bits per heavy atom. The standard InChI is InChI=1S/C14H21.2H3O3PS.Zn/c1-2-3-4-5-6-8-11-14-12-9-7-10-13-14;2*1-4(2,3)5;/h7,9-10,12H,2-6,8,11H2,1H3;2*(H3,1,2,3,5);/q-1;;;. The molecule has 0 unspecified atom stereocenters. The topological polar surface area (TPSA) is 121 Å².